The van der Waals surface area contributed by atoms with E-state index in [1.807, 2.05) is 6.07 Å². The number of anilines is 2. The fourth-order valence-electron chi connectivity index (χ4n) is 2.04. The molecule has 0 amide bonds. The van der Waals surface area contributed by atoms with Gasteiger partial charge in [-0.1, -0.05) is 36.7 Å². The van der Waals surface area contributed by atoms with Gasteiger partial charge < -0.3 is 10.6 Å². The van der Waals surface area contributed by atoms with Crippen molar-refractivity contribution < 1.29 is 0 Å². The van der Waals surface area contributed by atoms with Gasteiger partial charge >= 0.3 is 0 Å². The molecule has 1 aromatic carbocycles. The van der Waals surface area contributed by atoms with Crippen LogP contribution in [0.25, 0.3) is 0 Å². The molecule has 88 valence electrons. The Morgan fingerprint density at radius 3 is 2.44 bits per heavy atom. The van der Waals surface area contributed by atoms with Gasteiger partial charge in [0.2, 0.25) is 0 Å². The number of nitrogens with zero attached hydrogens (tertiary/aromatic N) is 1. The lowest BCUT2D eigenvalue weighted by atomic mass is 9.76. The van der Waals surface area contributed by atoms with Gasteiger partial charge in [0.15, 0.2) is 0 Å². The molecule has 1 aromatic rings. The van der Waals surface area contributed by atoms with Crippen molar-refractivity contribution in [3.63, 3.8) is 0 Å². The Balaban J connectivity index is 2.07. The number of hydrogen-bond donors (Lipinski definition) is 1. The van der Waals surface area contributed by atoms with Gasteiger partial charge in [0, 0.05) is 17.6 Å². The number of benzene rings is 1. The van der Waals surface area contributed by atoms with Crippen molar-refractivity contribution in [1.29, 1.82) is 0 Å². The Labute approximate surface area is 106 Å². The van der Waals surface area contributed by atoms with E-state index in [1.165, 1.54) is 5.69 Å². The van der Waals surface area contributed by atoms with Crippen molar-refractivity contribution in [2.45, 2.75) is 20.8 Å². The fourth-order valence-corrected chi connectivity index (χ4v) is 2.42. The molecule has 0 radical (unpaired) electrons. The first-order valence-corrected chi connectivity index (χ1v) is 6.47. The molecule has 0 aromatic heterocycles. The number of nitrogens with two attached hydrogens (primary N) is 1. The van der Waals surface area contributed by atoms with Gasteiger partial charge in [-0.15, -0.1) is 0 Å². The summed E-state index contributed by atoms with van der Waals surface area (Å²) in [5.74, 6) is 0.774. The molecule has 3 heteroatoms. The number of halogens is 1. The molecule has 2 nitrogen and oxygen atoms in total. The van der Waals surface area contributed by atoms with Crippen LogP contribution in [-0.4, -0.2) is 13.1 Å². The van der Waals surface area contributed by atoms with Crippen LogP contribution in [0.2, 0.25) is 0 Å². The van der Waals surface area contributed by atoms with Crippen molar-refractivity contribution >= 4 is 27.3 Å². The molecule has 1 heterocycles. The van der Waals surface area contributed by atoms with Crippen LogP contribution in [0, 0.1) is 11.3 Å². The fraction of sp³-hybridized carbons (Fsp3) is 0.538. The smallest absolute Gasteiger partial charge is 0.0600 e. The minimum Gasteiger partial charge on any atom is -0.397 e. The highest BCUT2D eigenvalue weighted by Gasteiger charge is 2.36. The van der Waals surface area contributed by atoms with E-state index in [2.05, 4.69) is 53.7 Å². The Morgan fingerprint density at radius 1 is 1.31 bits per heavy atom. The maximum atomic E-state index is 6.01. The highest BCUT2D eigenvalue weighted by atomic mass is 79.9. The van der Waals surface area contributed by atoms with Crippen molar-refractivity contribution in [1.82, 2.24) is 0 Å². The lowest BCUT2D eigenvalue weighted by Crippen LogP contribution is -2.52. The summed E-state index contributed by atoms with van der Waals surface area (Å²) in [5.41, 5.74) is 8.45. The molecule has 0 saturated carbocycles. The molecule has 0 bridgehead atoms. The molecular weight excluding hydrogens is 264 g/mol. The van der Waals surface area contributed by atoms with Crippen LogP contribution in [0.15, 0.2) is 22.7 Å². The zero-order valence-electron chi connectivity index (χ0n) is 10.1. The molecule has 1 aliphatic heterocycles. The molecule has 0 aliphatic carbocycles. The summed E-state index contributed by atoms with van der Waals surface area (Å²) in [7, 11) is 0. The van der Waals surface area contributed by atoms with Gasteiger partial charge in [-0.05, 0) is 29.5 Å². The van der Waals surface area contributed by atoms with Crippen LogP contribution in [0.3, 0.4) is 0 Å². The van der Waals surface area contributed by atoms with Crippen LogP contribution >= 0.6 is 15.9 Å². The molecule has 2 rings (SSSR count). The third kappa shape index (κ3) is 2.19. The van der Waals surface area contributed by atoms with E-state index < -0.39 is 0 Å². The molecule has 2 N–H and O–H groups in total. The Bertz CT molecular complexity index is 389. The van der Waals surface area contributed by atoms with Crippen LogP contribution < -0.4 is 10.6 Å². The monoisotopic (exact) mass is 282 g/mol. The van der Waals surface area contributed by atoms with E-state index in [-0.39, 0.29) is 0 Å². The largest absolute Gasteiger partial charge is 0.397 e. The van der Waals surface area contributed by atoms with Crippen LogP contribution in [0.5, 0.6) is 0 Å². The van der Waals surface area contributed by atoms with Gasteiger partial charge in [-0.3, -0.25) is 0 Å². The van der Waals surface area contributed by atoms with Crippen LogP contribution in [-0.2, 0) is 0 Å². The third-order valence-electron chi connectivity index (χ3n) is 3.44. The third-order valence-corrected chi connectivity index (χ3v) is 3.93. The Morgan fingerprint density at radius 2 is 1.94 bits per heavy atom. The Kier molecular flexibility index (Phi) is 2.91. The number of rotatable bonds is 1. The van der Waals surface area contributed by atoms with Gasteiger partial charge in [0.1, 0.15) is 0 Å². The first kappa shape index (κ1) is 11.8. The molecule has 0 unspecified atom stereocenters. The zero-order chi connectivity index (χ0) is 11.9. The lowest BCUT2D eigenvalue weighted by Gasteiger charge is -2.48. The molecule has 16 heavy (non-hydrogen) atoms. The second kappa shape index (κ2) is 3.95. The van der Waals surface area contributed by atoms with Crippen molar-refractivity contribution in [3.05, 3.63) is 22.7 Å². The van der Waals surface area contributed by atoms with Crippen molar-refractivity contribution in [2.75, 3.05) is 23.7 Å². The summed E-state index contributed by atoms with van der Waals surface area (Å²) < 4.78 is 1.04. The summed E-state index contributed by atoms with van der Waals surface area (Å²) in [6, 6.07) is 6.12. The number of nitrogen functional groups attached to an aromatic ring is 1. The molecule has 1 saturated heterocycles. The van der Waals surface area contributed by atoms with E-state index in [0.29, 0.717) is 5.41 Å². The van der Waals surface area contributed by atoms with Gasteiger partial charge in [-0.25, -0.2) is 0 Å². The first-order chi connectivity index (χ1) is 7.38. The van der Waals surface area contributed by atoms with Gasteiger partial charge in [-0.2, -0.15) is 0 Å². The Hall–Kier alpha value is -0.700. The normalized spacial score (nSPS) is 17.4. The summed E-state index contributed by atoms with van der Waals surface area (Å²) in [4.78, 5) is 2.36. The van der Waals surface area contributed by atoms with E-state index >= 15 is 0 Å². The summed E-state index contributed by atoms with van der Waals surface area (Å²) in [6.45, 7) is 9.16. The van der Waals surface area contributed by atoms with E-state index in [4.69, 9.17) is 5.73 Å². The standard InChI is InChI=1S/C13H19BrN2/c1-13(2,3)9-7-16(8-9)12-5-4-10(14)6-11(12)15/h4-6,9H,7-8,15H2,1-3H3. The van der Waals surface area contributed by atoms with Crippen LogP contribution in [0.1, 0.15) is 20.8 Å². The highest BCUT2D eigenvalue weighted by molar-refractivity contribution is 9.10. The van der Waals surface area contributed by atoms with Gasteiger partial charge in [0.25, 0.3) is 0 Å². The molecule has 0 spiro atoms. The molecule has 0 atom stereocenters. The SMILES string of the molecule is CC(C)(C)C1CN(c2ccc(Br)cc2N)C1. The highest BCUT2D eigenvalue weighted by Crippen LogP contribution is 2.38. The number of hydrogen-bond acceptors (Lipinski definition) is 2. The summed E-state index contributed by atoms with van der Waals surface area (Å²) >= 11 is 3.43. The molecular formula is C13H19BrN2. The van der Waals surface area contributed by atoms with Crippen molar-refractivity contribution in [2.24, 2.45) is 11.3 Å². The molecule has 1 fully saturated rings. The average Bonchev–Trinajstić information content (AvgIpc) is 2.03. The maximum absolute atomic E-state index is 6.01. The minimum absolute atomic E-state index is 0.403. The average molecular weight is 283 g/mol. The van der Waals surface area contributed by atoms with Gasteiger partial charge in [0.05, 0.1) is 11.4 Å². The second-order valence-electron chi connectivity index (χ2n) is 5.67. The lowest BCUT2D eigenvalue weighted by molar-refractivity contribution is 0.195. The van der Waals surface area contributed by atoms with Crippen LogP contribution in [0.4, 0.5) is 11.4 Å². The van der Waals surface area contributed by atoms with E-state index in [9.17, 15) is 0 Å². The van der Waals surface area contributed by atoms with E-state index in [1.54, 1.807) is 0 Å². The zero-order valence-corrected chi connectivity index (χ0v) is 11.7. The molecule has 1 aliphatic rings. The quantitative estimate of drug-likeness (QED) is 0.799. The predicted molar refractivity (Wildman–Crippen MR) is 73.7 cm³/mol. The maximum Gasteiger partial charge on any atom is 0.0600 e. The summed E-state index contributed by atoms with van der Waals surface area (Å²) in [5, 5.41) is 0. The summed E-state index contributed by atoms with van der Waals surface area (Å²) in [6.07, 6.45) is 0. The predicted octanol–water partition coefficient (Wildman–Crippen LogP) is 3.51. The first-order valence-electron chi connectivity index (χ1n) is 5.68. The minimum atomic E-state index is 0.403. The topological polar surface area (TPSA) is 29.3 Å². The second-order valence-corrected chi connectivity index (χ2v) is 6.59. The van der Waals surface area contributed by atoms with E-state index in [0.717, 1.165) is 29.2 Å². The van der Waals surface area contributed by atoms with Crippen molar-refractivity contribution in [3.8, 4) is 0 Å².